The van der Waals surface area contributed by atoms with E-state index in [9.17, 15) is 9.59 Å². The first-order valence-electron chi connectivity index (χ1n) is 8.17. The van der Waals surface area contributed by atoms with Crippen molar-refractivity contribution in [2.24, 2.45) is 0 Å². The molecule has 0 saturated carbocycles. The molecule has 0 bridgehead atoms. The van der Waals surface area contributed by atoms with Crippen LogP contribution in [0.15, 0.2) is 48.5 Å². The number of halogens is 2. The molecule has 0 saturated heterocycles. The van der Waals surface area contributed by atoms with Crippen LogP contribution in [0.1, 0.15) is 18.1 Å². The Morgan fingerprint density at radius 3 is 2.38 bits per heavy atom. The molecule has 0 aromatic heterocycles. The van der Waals surface area contributed by atoms with E-state index in [2.05, 4.69) is 5.32 Å². The Bertz CT molecular complexity index is 814. The van der Waals surface area contributed by atoms with Crippen LogP contribution in [0, 0.1) is 0 Å². The lowest BCUT2D eigenvalue weighted by atomic mass is 10.1. The van der Waals surface area contributed by atoms with E-state index in [1.165, 1.54) is 11.0 Å². The third-order valence-electron chi connectivity index (χ3n) is 3.82. The molecule has 0 fully saturated rings. The van der Waals surface area contributed by atoms with Gasteiger partial charge in [-0.25, -0.2) is 0 Å². The maximum atomic E-state index is 12.2. The fourth-order valence-electron chi connectivity index (χ4n) is 2.39. The molecule has 0 radical (unpaired) electrons. The minimum atomic E-state index is -0.320. The number of para-hydroxylation sites is 1. The number of amides is 2. The fraction of sp³-hybridized carbons (Fsp3) is 0.200. The van der Waals surface area contributed by atoms with Crippen LogP contribution in [0.5, 0.6) is 0 Å². The normalized spacial score (nSPS) is 10.8. The Hall–Kier alpha value is -2.30. The zero-order chi connectivity index (χ0) is 19.1. The van der Waals surface area contributed by atoms with Crippen LogP contribution in [0.2, 0.25) is 10.0 Å². The van der Waals surface area contributed by atoms with Gasteiger partial charge in [0.25, 0.3) is 0 Å². The van der Waals surface area contributed by atoms with E-state index >= 15 is 0 Å². The summed E-state index contributed by atoms with van der Waals surface area (Å²) in [7, 11) is 1.56. The molecule has 2 rings (SSSR count). The zero-order valence-corrected chi connectivity index (χ0v) is 16.1. The predicted octanol–water partition coefficient (Wildman–Crippen LogP) is 4.67. The van der Waals surface area contributed by atoms with Gasteiger partial charge < -0.3 is 10.2 Å². The summed E-state index contributed by atoms with van der Waals surface area (Å²) < 4.78 is 0. The number of rotatable bonds is 6. The van der Waals surface area contributed by atoms with Crippen LogP contribution < -0.4 is 5.32 Å². The van der Waals surface area contributed by atoms with Crippen molar-refractivity contribution >= 4 is 46.8 Å². The van der Waals surface area contributed by atoms with Gasteiger partial charge >= 0.3 is 0 Å². The summed E-state index contributed by atoms with van der Waals surface area (Å²) in [4.78, 5) is 25.8. The van der Waals surface area contributed by atoms with E-state index in [4.69, 9.17) is 23.2 Å². The molecule has 2 aromatic carbocycles. The van der Waals surface area contributed by atoms with Crippen molar-refractivity contribution in [3.8, 4) is 0 Å². The molecule has 2 amide bonds. The number of benzene rings is 2. The van der Waals surface area contributed by atoms with Gasteiger partial charge in [0.15, 0.2) is 0 Å². The lowest BCUT2D eigenvalue weighted by Gasteiger charge is -2.16. The number of nitrogens with one attached hydrogen (secondary N) is 1. The summed E-state index contributed by atoms with van der Waals surface area (Å²) in [5.41, 5.74) is 2.38. The van der Waals surface area contributed by atoms with Crippen LogP contribution in [0.25, 0.3) is 6.08 Å². The van der Waals surface area contributed by atoms with Crippen molar-refractivity contribution in [3.05, 3.63) is 69.7 Å². The van der Waals surface area contributed by atoms with Crippen molar-refractivity contribution in [1.82, 2.24) is 4.90 Å². The number of likely N-dealkylation sites (N-methyl/N-ethyl adjacent to an activating group) is 1. The van der Waals surface area contributed by atoms with Gasteiger partial charge in [-0.05, 0) is 36.3 Å². The first-order valence-corrected chi connectivity index (χ1v) is 8.93. The molecule has 1 N–H and O–H groups in total. The maximum Gasteiger partial charge on any atom is 0.246 e. The molecule has 0 spiro atoms. The first-order chi connectivity index (χ1) is 12.4. The van der Waals surface area contributed by atoms with E-state index in [0.29, 0.717) is 15.6 Å². The van der Waals surface area contributed by atoms with Gasteiger partial charge in [-0.2, -0.15) is 0 Å². The second kappa shape index (κ2) is 9.41. The van der Waals surface area contributed by atoms with Gasteiger partial charge in [0, 0.05) is 34.4 Å². The molecule has 26 heavy (non-hydrogen) atoms. The lowest BCUT2D eigenvalue weighted by Crippen LogP contribution is -2.34. The molecular formula is C20H20Cl2N2O2. The number of carbonyl (C=O) groups is 2. The summed E-state index contributed by atoms with van der Waals surface area (Å²) >= 11 is 12.1. The number of aryl methyl sites for hydroxylation is 1. The molecular weight excluding hydrogens is 371 g/mol. The third kappa shape index (κ3) is 5.35. The molecule has 0 aliphatic carbocycles. The van der Waals surface area contributed by atoms with Gasteiger partial charge in [0.05, 0.1) is 6.54 Å². The SMILES string of the molecule is CCc1ccccc1NC(=O)CN(C)C(=O)/C=C/c1c(Cl)cccc1Cl. The number of nitrogens with zero attached hydrogens (tertiary/aromatic N) is 1. The van der Waals surface area contributed by atoms with Gasteiger partial charge in [-0.1, -0.05) is 54.4 Å². The highest BCUT2D eigenvalue weighted by Gasteiger charge is 2.12. The topological polar surface area (TPSA) is 49.4 Å². The van der Waals surface area contributed by atoms with Gasteiger partial charge in [0.1, 0.15) is 0 Å². The van der Waals surface area contributed by atoms with Crippen molar-refractivity contribution in [2.75, 3.05) is 18.9 Å². The van der Waals surface area contributed by atoms with Gasteiger partial charge in [-0.3, -0.25) is 9.59 Å². The van der Waals surface area contributed by atoms with E-state index in [1.807, 2.05) is 31.2 Å². The van der Waals surface area contributed by atoms with E-state index in [0.717, 1.165) is 17.7 Å². The summed E-state index contributed by atoms with van der Waals surface area (Å²) in [5, 5.41) is 3.75. The van der Waals surface area contributed by atoms with Crippen molar-refractivity contribution in [2.45, 2.75) is 13.3 Å². The minimum absolute atomic E-state index is 0.0581. The number of hydrogen-bond acceptors (Lipinski definition) is 2. The van der Waals surface area contributed by atoms with Crippen LogP contribution in [0.3, 0.4) is 0 Å². The maximum absolute atomic E-state index is 12.2. The van der Waals surface area contributed by atoms with E-state index < -0.39 is 0 Å². The molecule has 0 aliphatic heterocycles. The molecule has 0 aliphatic rings. The Balaban J connectivity index is 1.98. The van der Waals surface area contributed by atoms with E-state index in [1.54, 1.807) is 31.3 Å². The Labute approximate surface area is 163 Å². The Morgan fingerprint density at radius 1 is 1.08 bits per heavy atom. The van der Waals surface area contributed by atoms with Crippen LogP contribution >= 0.6 is 23.2 Å². The second-order valence-corrected chi connectivity index (χ2v) is 6.54. The average Bonchev–Trinajstić information content (AvgIpc) is 2.61. The molecule has 0 heterocycles. The molecule has 2 aromatic rings. The monoisotopic (exact) mass is 390 g/mol. The highest BCUT2D eigenvalue weighted by atomic mass is 35.5. The summed E-state index contributed by atoms with van der Waals surface area (Å²) in [6.45, 7) is 1.96. The minimum Gasteiger partial charge on any atom is -0.333 e. The Kier molecular flexibility index (Phi) is 7.25. The van der Waals surface area contributed by atoms with Gasteiger partial charge in [-0.15, -0.1) is 0 Å². The Morgan fingerprint density at radius 2 is 1.73 bits per heavy atom. The average molecular weight is 391 g/mol. The largest absolute Gasteiger partial charge is 0.333 e. The first kappa shape index (κ1) is 20.0. The highest BCUT2D eigenvalue weighted by Crippen LogP contribution is 2.25. The molecule has 0 atom stereocenters. The van der Waals surface area contributed by atoms with Crippen molar-refractivity contribution < 1.29 is 9.59 Å². The van der Waals surface area contributed by atoms with Gasteiger partial charge in [0.2, 0.25) is 11.8 Å². The standard InChI is InChI=1S/C20H20Cl2N2O2/c1-3-14-7-4-5-10-18(14)23-19(25)13-24(2)20(26)12-11-15-16(21)8-6-9-17(15)22/h4-12H,3,13H2,1-2H3,(H,23,25)/b12-11+. The zero-order valence-electron chi connectivity index (χ0n) is 14.6. The van der Waals surface area contributed by atoms with Crippen LogP contribution in [0.4, 0.5) is 5.69 Å². The smallest absolute Gasteiger partial charge is 0.246 e. The second-order valence-electron chi connectivity index (χ2n) is 5.72. The quantitative estimate of drug-likeness (QED) is 0.728. The number of carbonyl (C=O) groups excluding carboxylic acids is 2. The molecule has 4 nitrogen and oxygen atoms in total. The summed E-state index contributed by atoms with van der Waals surface area (Å²) in [6.07, 6.45) is 3.71. The lowest BCUT2D eigenvalue weighted by molar-refractivity contribution is -0.129. The molecule has 0 unspecified atom stereocenters. The van der Waals surface area contributed by atoms with Crippen LogP contribution in [-0.4, -0.2) is 30.3 Å². The van der Waals surface area contributed by atoms with Crippen molar-refractivity contribution in [1.29, 1.82) is 0 Å². The fourth-order valence-corrected chi connectivity index (χ4v) is 2.91. The van der Waals surface area contributed by atoms with Crippen LogP contribution in [-0.2, 0) is 16.0 Å². The predicted molar refractivity (Wildman–Crippen MR) is 108 cm³/mol. The number of hydrogen-bond donors (Lipinski definition) is 1. The molecule has 6 heteroatoms. The van der Waals surface area contributed by atoms with E-state index in [-0.39, 0.29) is 18.4 Å². The van der Waals surface area contributed by atoms with Crippen molar-refractivity contribution in [3.63, 3.8) is 0 Å². The summed E-state index contributed by atoms with van der Waals surface area (Å²) in [5.74, 6) is -0.578. The third-order valence-corrected chi connectivity index (χ3v) is 4.48. The summed E-state index contributed by atoms with van der Waals surface area (Å²) in [6, 6.07) is 12.7. The highest BCUT2D eigenvalue weighted by molar-refractivity contribution is 6.37. The number of anilines is 1. The molecule has 136 valence electrons.